The minimum atomic E-state index is 0.693. The molecule has 5 heteroatoms. The van der Waals surface area contributed by atoms with Crippen molar-refractivity contribution in [3.8, 4) is 17.2 Å². The number of fused-ring (bicyclic) bond motifs is 13. The summed E-state index contributed by atoms with van der Waals surface area (Å²) in [5.41, 5.74) is 5.35. The zero-order valence-electron chi connectivity index (χ0n) is 24.9. The van der Waals surface area contributed by atoms with Crippen molar-refractivity contribution in [2.24, 2.45) is 0 Å². The first kappa shape index (κ1) is 25.6. The molecule has 218 valence electrons. The van der Waals surface area contributed by atoms with Gasteiger partial charge in [-0.05, 0) is 51.9 Å². The lowest BCUT2D eigenvalue weighted by atomic mass is 10.00. The van der Waals surface area contributed by atoms with Crippen LogP contribution in [0, 0.1) is 0 Å². The summed E-state index contributed by atoms with van der Waals surface area (Å²) < 4.78 is 7.20. The lowest BCUT2D eigenvalue weighted by molar-refractivity contribution is 1.02. The summed E-state index contributed by atoms with van der Waals surface area (Å²) in [6, 6.07) is 50.3. The smallest absolute Gasteiger partial charge is 0.235 e. The number of thiophene rings is 2. The maximum Gasteiger partial charge on any atom is 0.235 e. The Bertz CT molecular complexity index is 3000. The van der Waals surface area contributed by atoms with Gasteiger partial charge < -0.3 is 0 Å². The number of rotatable bonds is 2. The van der Waals surface area contributed by atoms with Gasteiger partial charge in [-0.15, -0.1) is 22.7 Å². The number of benzene rings is 7. The van der Waals surface area contributed by atoms with Crippen molar-refractivity contribution in [1.82, 2.24) is 14.5 Å². The summed E-state index contributed by atoms with van der Waals surface area (Å²) in [6.45, 7) is 0. The van der Waals surface area contributed by atoms with Crippen molar-refractivity contribution >= 4 is 106 Å². The van der Waals surface area contributed by atoms with Gasteiger partial charge in [0.2, 0.25) is 5.95 Å². The Balaban J connectivity index is 1.34. The molecule has 0 atom stereocenters. The molecule has 0 spiro atoms. The van der Waals surface area contributed by atoms with Crippen molar-refractivity contribution in [2.45, 2.75) is 0 Å². The standard InChI is InChI=1S/C42H23N3S2/c1-3-12-26-24(10-1)20-22-31-37(26)38-27-13-4-2-11-25(27)21-23-32(38)45(31)42-43-39-29-15-6-8-18-34(29)47-41(39)40(44-42)30-16-9-19-35-36(30)28-14-5-7-17-33(28)46-35/h1-23H. The first-order valence-electron chi connectivity index (χ1n) is 15.8. The van der Waals surface area contributed by atoms with Crippen molar-refractivity contribution in [3.05, 3.63) is 140 Å². The van der Waals surface area contributed by atoms with Gasteiger partial charge in [0.05, 0.1) is 26.9 Å². The zero-order valence-corrected chi connectivity index (χ0v) is 26.6. The third kappa shape index (κ3) is 3.50. The Labute approximate surface area is 276 Å². The first-order chi connectivity index (χ1) is 23.3. The van der Waals surface area contributed by atoms with E-state index < -0.39 is 0 Å². The van der Waals surface area contributed by atoms with Crippen LogP contribution in [0.3, 0.4) is 0 Å². The van der Waals surface area contributed by atoms with E-state index in [1.54, 1.807) is 11.3 Å². The van der Waals surface area contributed by atoms with Crippen LogP contribution in [0.4, 0.5) is 0 Å². The molecule has 0 N–H and O–H groups in total. The van der Waals surface area contributed by atoms with Gasteiger partial charge in [-0.1, -0.05) is 109 Å². The summed E-state index contributed by atoms with van der Waals surface area (Å²) in [5, 5.41) is 11.1. The molecule has 7 aromatic carbocycles. The van der Waals surface area contributed by atoms with Crippen LogP contribution >= 0.6 is 22.7 Å². The third-order valence-electron chi connectivity index (χ3n) is 9.61. The van der Waals surface area contributed by atoms with Crippen molar-refractivity contribution < 1.29 is 0 Å². The molecule has 0 radical (unpaired) electrons. The molecule has 0 fully saturated rings. The van der Waals surface area contributed by atoms with Gasteiger partial charge >= 0.3 is 0 Å². The van der Waals surface area contributed by atoms with E-state index >= 15 is 0 Å². The second-order valence-corrected chi connectivity index (χ2v) is 14.3. The summed E-state index contributed by atoms with van der Waals surface area (Å²) in [6.07, 6.45) is 0. The van der Waals surface area contributed by atoms with Gasteiger partial charge in [-0.2, -0.15) is 0 Å². The minimum absolute atomic E-state index is 0.693. The van der Waals surface area contributed by atoms with E-state index in [4.69, 9.17) is 9.97 Å². The number of hydrogen-bond acceptors (Lipinski definition) is 4. The average Bonchev–Trinajstić information content (AvgIpc) is 3.81. The summed E-state index contributed by atoms with van der Waals surface area (Å²) in [5.74, 6) is 0.693. The highest BCUT2D eigenvalue weighted by molar-refractivity contribution is 7.26. The van der Waals surface area contributed by atoms with Crippen LogP contribution in [-0.4, -0.2) is 14.5 Å². The molecule has 47 heavy (non-hydrogen) atoms. The predicted octanol–water partition coefficient (Wildman–Crippen LogP) is 12.3. The predicted molar refractivity (Wildman–Crippen MR) is 203 cm³/mol. The minimum Gasteiger partial charge on any atom is -0.278 e. The highest BCUT2D eigenvalue weighted by atomic mass is 32.1. The molecule has 0 aliphatic carbocycles. The van der Waals surface area contributed by atoms with Crippen molar-refractivity contribution in [1.29, 1.82) is 0 Å². The van der Waals surface area contributed by atoms with E-state index in [1.165, 1.54) is 57.2 Å². The van der Waals surface area contributed by atoms with Crippen LogP contribution in [0.1, 0.15) is 0 Å². The van der Waals surface area contributed by atoms with Gasteiger partial charge in [0, 0.05) is 46.6 Å². The van der Waals surface area contributed by atoms with Crippen molar-refractivity contribution in [2.75, 3.05) is 0 Å². The second-order valence-electron chi connectivity index (χ2n) is 12.1. The molecule has 0 saturated carbocycles. The molecule has 11 aromatic rings. The summed E-state index contributed by atoms with van der Waals surface area (Å²) >= 11 is 3.63. The molecular formula is C42H23N3S2. The molecule has 4 aromatic heterocycles. The number of nitrogens with zero attached hydrogens (tertiary/aromatic N) is 3. The largest absolute Gasteiger partial charge is 0.278 e. The maximum atomic E-state index is 5.57. The zero-order chi connectivity index (χ0) is 30.6. The molecule has 0 unspecified atom stereocenters. The van der Waals surface area contributed by atoms with E-state index in [-0.39, 0.29) is 0 Å². The lowest BCUT2D eigenvalue weighted by Crippen LogP contribution is -2.03. The maximum absolute atomic E-state index is 5.57. The van der Waals surface area contributed by atoms with Gasteiger partial charge in [0.15, 0.2) is 0 Å². The fourth-order valence-corrected chi connectivity index (χ4v) is 9.88. The topological polar surface area (TPSA) is 30.7 Å². The normalized spacial score (nSPS) is 12.3. The average molecular weight is 634 g/mol. The number of aromatic nitrogens is 3. The molecule has 0 saturated heterocycles. The highest BCUT2D eigenvalue weighted by Crippen LogP contribution is 2.46. The van der Waals surface area contributed by atoms with E-state index in [2.05, 4.69) is 144 Å². The van der Waals surface area contributed by atoms with E-state index in [0.29, 0.717) is 5.95 Å². The van der Waals surface area contributed by atoms with Gasteiger partial charge in [0.25, 0.3) is 0 Å². The molecule has 11 rings (SSSR count). The van der Waals surface area contributed by atoms with Crippen molar-refractivity contribution in [3.63, 3.8) is 0 Å². The first-order valence-corrected chi connectivity index (χ1v) is 17.4. The Hall–Kier alpha value is -5.62. The monoisotopic (exact) mass is 633 g/mol. The van der Waals surface area contributed by atoms with E-state index in [0.717, 1.165) is 37.9 Å². The van der Waals surface area contributed by atoms with Gasteiger partial charge in [-0.25, -0.2) is 9.97 Å². The van der Waals surface area contributed by atoms with Crippen LogP contribution < -0.4 is 0 Å². The fraction of sp³-hybridized carbons (Fsp3) is 0. The van der Waals surface area contributed by atoms with Crippen LogP contribution in [0.2, 0.25) is 0 Å². The summed E-state index contributed by atoms with van der Waals surface area (Å²) in [7, 11) is 0. The van der Waals surface area contributed by atoms with Crippen LogP contribution in [0.15, 0.2) is 140 Å². The Morgan fingerprint density at radius 1 is 0.426 bits per heavy atom. The molecule has 0 aliphatic rings. The SMILES string of the molecule is c1ccc2c(c1)ccc1c2c2c3ccccc3ccc2n1-c1nc(-c2cccc3sc4ccccc4c23)c2sc3ccccc3c2n1. The Morgan fingerprint density at radius 2 is 1.00 bits per heavy atom. The molecule has 0 aliphatic heterocycles. The number of hydrogen-bond donors (Lipinski definition) is 0. The quantitative estimate of drug-likeness (QED) is 0.190. The van der Waals surface area contributed by atoms with Gasteiger partial charge in [0.1, 0.15) is 0 Å². The Kier molecular flexibility index (Phi) is 5.14. The Morgan fingerprint density at radius 3 is 1.70 bits per heavy atom. The molecule has 0 bridgehead atoms. The van der Waals surface area contributed by atoms with Crippen LogP contribution in [0.25, 0.3) is 101 Å². The fourth-order valence-electron chi connectivity index (χ4n) is 7.60. The van der Waals surface area contributed by atoms with Crippen LogP contribution in [0.5, 0.6) is 0 Å². The molecule has 3 nitrogen and oxygen atoms in total. The van der Waals surface area contributed by atoms with E-state index in [9.17, 15) is 0 Å². The molecular weight excluding hydrogens is 611 g/mol. The summed E-state index contributed by atoms with van der Waals surface area (Å²) in [4.78, 5) is 11.0. The third-order valence-corrected chi connectivity index (χ3v) is 11.9. The molecule has 4 heterocycles. The second kappa shape index (κ2) is 9.46. The highest BCUT2D eigenvalue weighted by Gasteiger charge is 2.23. The van der Waals surface area contributed by atoms with Gasteiger partial charge in [-0.3, -0.25) is 4.57 Å². The van der Waals surface area contributed by atoms with Crippen LogP contribution in [-0.2, 0) is 0 Å². The molecule has 0 amide bonds. The van der Waals surface area contributed by atoms with E-state index in [1.807, 2.05) is 11.3 Å². The lowest BCUT2D eigenvalue weighted by Gasteiger charge is -2.11.